The lowest BCUT2D eigenvalue weighted by Gasteiger charge is -2.43. The molecule has 1 unspecified atom stereocenters. The maximum Gasteiger partial charge on any atom is 0.407 e. The van der Waals surface area contributed by atoms with Crippen LogP contribution in [-0.2, 0) is 19.4 Å². The van der Waals surface area contributed by atoms with Crippen LogP contribution in [0.1, 0.15) is 43.0 Å². The van der Waals surface area contributed by atoms with Gasteiger partial charge in [-0.2, -0.15) is 0 Å². The number of hydrogen-bond acceptors (Lipinski definition) is 7. The number of carbonyl (C=O) groups is 3. The Hall–Kier alpha value is -3.36. The Morgan fingerprint density at radius 3 is 2.49 bits per heavy atom. The van der Waals surface area contributed by atoms with E-state index in [-0.39, 0.29) is 59.5 Å². The van der Waals surface area contributed by atoms with Crippen molar-refractivity contribution in [3.05, 3.63) is 58.4 Å². The number of amides is 3. The molecule has 2 aromatic carbocycles. The van der Waals surface area contributed by atoms with Crippen molar-refractivity contribution in [3.8, 4) is 0 Å². The first-order chi connectivity index (χ1) is 20.2. The molecule has 5 rings (SSSR count). The summed E-state index contributed by atoms with van der Waals surface area (Å²) in [6.07, 6.45) is 0.238. The van der Waals surface area contributed by atoms with Crippen LogP contribution < -0.4 is 16.0 Å². The van der Waals surface area contributed by atoms with Crippen LogP contribution in [0.2, 0.25) is 5.02 Å². The molecule has 1 aliphatic heterocycles. The minimum Gasteiger partial charge on any atom is -0.449 e. The molecule has 0 aromatic heterocycles. The van der Waals surface area contributed by atoms with Crippen molar-refractivity contribution in [2.45, 2.75) is 54.4 Å². The molecule has 43 heavy (non-hydrogen) atoms. The summed E-state index contributed by atoms with van der Waals surface area (Å²) in [5, 5.41) is 17.9. The monoisotopic (exact) mass is 643 g/mol. The van der Waals surface area contributed by atoms with Gasteiger partial charge in [0.2, 0.25) is 5.91 Å². The maximum atomic E-state index is 13.8. The molecule has 3 amide bonds. The predicted molar refractivity (Wildman–Crippen MR) is 148 cm³/mol. The number of alkyl carbamates (subject to hydrolysis) is 1. The highest BCUT2D eigenvalue weighted by molar-refractivity contribution is 7.92. The van der Waals surface area contributed by atoms with E-state index in [1.54, 1.807) is 0 Å². The van der Waals surface area contributed by atoms with Crippen LogP contribution in [0, 0.1) is 35.2 Å². The summed E-state index contributed by atoms with van der Waals surface area (Å²) in [6, 6.07) is 3.90. The molecule has 1 heterocycles. The van der Waals surface area contributed by atoms with E-state index in [1.807, 2.05) is 6.92 Å². The second kappa shape index (κ2) is 11.6. The summed E-state index contributed by atoms with van der Waals surface area (Å²) in [4.78, 5) is 36.6. The van der Waals surface area contributed by atoms with Crippen LogP contribution in [0.15, 0.2) is 35.2 Å². The maximum absolute atomic E-state index is 13.8. The van der Waals surface area contributed by atoms with Gasteiger partial charge in [0.15, 0.2) is 27.3 Å². The number of benzene rings is 2. The van der Waals surface area contributed by atoms with Crippen molar-refractivity contribution in [3.63, 3.8) is 0 Å². The molecule has 1 saturated heterocycles. The fourth-order valence-corrected chi connectivity index (χ4v) is 8.90. The van der Waals surface area contributed by atoms with E-state index in [4.69, 9.17) is 16.3 Å². The molecule has 3 fully saturated rings. The molecule has 2 aliphatic carbocycles. The first-order valence-corrected chi connectivity index (χ1v) is 15.6. The Morgan fingerprint density at radius 2 is 1.84 bits per heavy atom. The first kappa shape index (κ1) is 31.1. The lowest BCUT2D eigenvalue weighted by atomic mass is 9.73. The molecular weight excluding hydrogens is 615 g/mol. The smallest absolute Gasteiger partial charge is 0.407 e. The van der Waals surface area contributed by atoms with Gasteiger partial charge in [0.1, 0.15) is 6.04 Å². The topological polar surface area (TPSA) is 151 Å². The lowest BCUT2D eigenvalue weighted by molar-refractivity contribution is -0.127. The van der Waals surface area contributed by atoms with Gasteiger partial charge < -0.3 is 25.8 Å². The number of nitrogens with one attached hydrogen (secondary N) is 3. The highest BCUT2D eigenvalue weighted by Gasteiger charge is 2.58. The Morgan fingerprint density at radius 1 is 1.14 bits per heavy atom. The van der Waals surface area contributed by atoms with Crippen molar-refractivity contribution in [1.29, 1.82) is 0 Å². The molecule has 4 N–H and O–H groups in total. The third-order valence-corrected chi connectivity index (χ3v) is 11.4. The Bertz CT molecular complexity index is 1570. The molecule has 10 nitrogen and oxygen atoms in total. The normalized spacial score (nSPS) is 28.5. The van der Waals surface area contributed by atoms with Crippen molar-refractivity contribution in [2.75, 3.05) is 18.5 Å². The number of anilines is 1. The van der Waals surface area contributed by atoms with Crippen molar-refractivity contribution in [2.24, 2.45) is 17.8 Å². The molecule has 6 atom stereocenters. The summed E-state index contributed by atoms with van der Waals surface area (Å²) >= 11 is 6.28. The predicted octanol–water partition coefficient (Wildman–Crippen LogP) is 3.56. The van der Waals surface area contributed by atoms with Gasteiger partial charge in [0, 0.05) is 36.3 Å². The quantitative estimate of drug-likeness (QED) is 0.337. The number of aliphatic hydroxyl groups is 1. The number of sulfone groups is 1. The fourth-order valence-electron chi connectivity index (χ4n) is 6.52. The van der Waals surface area contributed by atoms with Crippen molar-refractivity contribution >= 4 is 45.0 Å². The van der Waals surface area contributed by atoms with Gasteiger partial charge in [0.05, 0.1) is 27.4 Å². The van der Waals surface area contributed by atoms with Gasteiger partial charge >= 0.3 is 6.09 Å². The Labute approximate surface area is 250 Å². The van der Waals surface area contributed by atoms with Crippen LogP contribution in [0.25, 0.3) is 0 Å². The fraction of sp³-hybridized carbons (Fsp3) is 0.464. The van der Waals surface area contributed by atoms with Crippen LogP contribution in [-0.4, -0.2) is 61.5 Å². The molecule has 0 spiro atoms. The van der Waals surface area contributed by atoms with Gasteiger partial charge in [-0.25, -0.2) is 26.4 Å². The molecule has 2 bridgehead atoms. The molecule has 0 radical (unpaired) electrons. The number of hydrogen-bond donors (Lipinski definition) is 4. The van der Waals surface area contributed by atoms with E-state index in [0.29, 0.717) is 18.6 Å². The summed E-state index contributed by atoms with van der Waals surface area (Å²) < 4.78 is 72.9. The Balaban J connectivity index is 1.32. The molecule has 15 heteroatoms. The molecular formula is C28H29ClF3N3O7S. The largest absolute Gasteiger partial charge is 0.449 e. The number of rotatable bonds is 7. The lowest BCUT2D eigenvalue weighted by Crippen LogP contribution is -2.58. The van der Waals surface area contributed by atoms with E-state index in [2.05, 4.69) is 16.0 Å². The highest BCUT2D eigenvalue weighted by atomic mass is 35.5. The first-order valence-electron chi connectivity index (χ1n) is 13.6. The van der Waals surface area contributed by atoms with Crippen molar-refractivity contribution in [1.82, 2.24) is 10.6 Å². The zero-order valence-electron chi connectivity index (χ0n) is 22.8. The third-order valence-electron chi connectivity index (χ3n) is 8.73. The number of halogens is 4. The Kier molecular flexibility index (Phi) is 8.40. The second-order valence-electron chi connectivity index (χ2n) is 11.3. The van der Waals surface area contributed by atoms with Crippen molar-refractivity contribution < 1.29 is 45.8 Å². The highest BCUT2D eigenvalue weighted by Crippen LogP contribution is 2.54. The zero-order chi connectivity index (χ0) is 31.3. The summed E-state index contributed by atoms with van der Waals surface area (Å²) in [6.45, 7) is 1.88. The van der Waals surface area contributed by atoms with Gasteiger partial charge in [0.25, 0.3) is 5.91 Å². The molecule has 3 aliphatic rings. The number of ether oxygens (including phenoxy) is 1. The minimum atomic E-state index is -4.14. The van der Waals surface area contributed by atoms with Gasteiger partial charge in [-0.3, -0.25) is 9.59 Å². The van der Waals surface area contributed by atoms with E-state index >= 15 is 0 Å². The van der Waals surface area contributed by atoms with Gasteiger partial charge in [-0.15, -0.1) is 0 Å². The van der Waals surface area contributed by atoms with Crippen LogP contribution in [0.3, 0.4) is 0 Å². The number of cyclic esters (lactones) is 1. The SMILES string of the molecule is C[C@H]1CC2C[C@@H](S(=O)(=O)c3cc(C(=O)Nc4cc(F)c(F)c(F)c4)ccc3Cl)C[C@H]1[C@@]2(O)CNC(=O)[C@@H]1CCOC(=O)N1. The molecule has 2 aromatic rings. The molecule has 2 saturated carbocycles. The third kappa shape index (κ3) is 5.92. The number of fused-ring (bicyclic) bond motifs is 2. The van der Waals surface area contributed by atoms with Crippen LogP contribution >= 0.6 is 11.6 Å². The van der Waals surface area contributed by atoms with Crippen LogP contribution in [0.5, 0.6) is 0 Å². The zero-order valence-corrected chi connectivity index (χ0v) is 24.4. The average molecular weight is 644 g/mol. The average Bonchev–Trinajstić information content (AvgIpc) is 3.06. The molecule has 232 valence electrons. The summed E-state index contributed by atoms with van der Waals surface area (Å²) in [5.74, 6) is -7.10. The standard InChI is InChI=1S/C28H29ClF3N3O7S/c1-13-6-15-8-17(11-18(13)28(15,39)12-33-26(37)22-4-5-42-27(38)35-22)43(40,41)23-7-14(2-3-19(23)29)25(36)34-16-9-20(30)24(32)21(31)10-16/h2-3,7,9-10,13,15,17-18,22,39H,4-6,8,11-12H2,1H3,(H,33,37)(H,34,36)(H,35,38)/t13-,15?,17+,18+,22-,28+/m0/s1. The van der Waals surface area contributed by atoms with Crippen LogP contribution in [0.4, 0.5) is 23.7 Å². The summed E-state index contributed by atoms with van der Waals surface area (Å²) in [7, 11) is -4.14. The van der Waals surface area contributed by atoms with Gasteiger partial charge in [-0.1, -0.05) is 18.5 Å². The minimum absolute atomic E-state index is 0.0565. The van der Waals surface area contributed by atoms with E-state index in [9.17, 15) is 41.1 Å². The van der Waals surface area contributed by atoms with Gasteiger partial charge in [-0.05, 0) is 55.2 Å². The van der Waals surface area contributed by atoms with E-state index < -0.39 is 73.9 Å². The second-order valence-corrected chi connectivity index (χ2v) is 13.9. The van der Waals surface area contributed by atoms with E-state index in [1.165, 1.54) is 12.1 Å². The summed E-state index contributed by atoms with van der Waals surface area (Å²) in [5.41, 5.74) is -1.91. The number of carbonyl (C=O) groups excluding carboxylic acids is 3. The van der Waals surface area contributed by atoms with E-state index in [0.717, 1.165) is 6.07 Å².